The zero-order valence-corrected chi connectivity index (χ0v) is 9.99. The molecular weight excluding hydrogens is 246 g/mol. The molecule has 6 nitrogen and oxygen atoms in total. The third-order valence-electron chi connectivity index (χ3n) is 2.77. The fourth-order valence-corrected chi connectivity index (χ4v) is 1.91. The molecule has 0 radical (unpaired) electrons. The van der Waals surface area contributed by atoms with Crippen LogP contribution in [0, 0.1) is 6.92 Å². The highest BCUT2D eigenvalue weighted by atomic mass is 16.5. The van der Waals surface area contributed by atoms with Crippen LogP contribution < -0.4 is 0 Å². The predicted molar refractivity (Wildman–Crippen MR) is 66.7 cm³/mol. The number of carboxylic acid groups (broad SMARTS) is 1. The number of nitrogens with zero attached hydrogens (tertiary/aromatic N) is 3. The van der Waals surface area contributed by atoms with Gasteiger partial charge in [-0.25, -0.2) is 9.78 Å². The van der Waals surface area contributed by atoms with Crippen molar-refractivity contribution in [2.75, 3.05) is 0 Å². The van der Waals surface area contributed by atoms with Gasteiger partial charge in [0.25, 0.3) is 5.71 Å². The van der Waals surface area contributed by atoms with E-state index >= 15 is 0 Å². The number of fused-ring (bicyclic) bond motifs is 1. The van der Waals surface area contributed by atoms with Gasteiger partial charge in [-0.1, -0.05) is 11.2 Å². The molecule has 0 spiro atoms. The van der Waals surface area contributed by atoms with Crippen LogP contribution in [0.1, 0.15) is 16.1 Å². The maximum atomic E-state index is 11.3. The largest absolute Gasteiger partial charge is 0.478 e. The van der Waals surface area contributed by atoms with Gasteiger partial charge >= 0.3 is 5.97 Å². The first-order chi connectivity index (χ1) is 9.16. The van der Waals surface area contributed by atoms with E-state index in [1.165, 1.54) is 6.07 Å². The maximum Gasteiger partial charge on any atom is 0.336 e. The van der Waals surface area contributed by atoms with E-state index in [0.717, 1.165) is 0 Å². The van der Waals surface area contributed by atoms with E-state index in [9.17, 15) is 9.90 Å². The Labute approximate surface area is 107 Å². The molecule has 94 valence electrons. The quantitative estimate of drug-likeness (QED) is 0.755. The van der Waals surface area contributed by atoms with Gasteiger partial charge in [-0.3, -0.25) is 4.98 Å². The van der Waals surface area contributed by atoms with E-state index in [-0.39, 0.29) is 11.3 Å². The number of aromatic carboxylic acids is 1. The van der Waals surface area contributed by atoms with Gasteiger partial charge in [0.2, 0.25) is 0 Å². The van der Waals surface area contributed by atoms with Crippen LogP contribution >= 0.6 is 0 Å². The van der Waals surface area contributed by atoms with Crippen molar-refractivity contribution in [1.82, 2.24) is 15.1 Å². The SMILES string of the molecule is Cc1noc2nc(-c3ccccn3)cc(C(=O)O)c12. The van der Waals surface area contributed by atoms with Gasteiger partial charge in [0.15, 0.2) is 0 Å². The molecule has 0 amide bonds. The number of aromatic nitrogens is 3. The minimum absolute atomic E-state index is 0.115. The second kappa shape index (κ2) is 4.16. The molecule has 0 aliphatic carbocycles. The fourth-order valence-electron chi connectivity index (χ4n) is 1.91. The Hall–Kier alpha value is -2.76. The molecule has 0 fully saturated rings. The summed E-state index contributed by atoms with van der Waals surface area (Å²) in [6, 6.07) is 6.82. The smallest absolute Gasteiger partial charge is 0.336 e. The molecule has 6 heteroatoms. The maximum absolute atomic E-state index is 11.3. The third kappa shape index (κ3) is 1.83. The molecule has 3 heterocycles. The third-order valence-corrected chi connectivity index (χ3v) is 2.77. The van der Waals surface area contributed by atoms with Crippen molar-refractivity contribution >= 4 is 17.1 Å². The highest BCUT2D eigenvalue weighted by Crippen LogP contribution is 2.25. The van der Waals surface area contributed by atoms with Gasteiger partial charge in [-0.15, -0.1) is 0 Å². The number of aryl methyl sites for hydroxylation is 1. The molecule has 19 heavy (non-hydrogen) atoms. The van der Waals surface area contributed by atoms with E-state index in [1.807, 2.05) is 0 Å². The molecule has 0 unspecified atom stereocenters. The molecule has 3 rings (SSSR count). The Bertz CT molecular complexity index is 765. The summed E-state index contributed by atoms with van der Waals surface area (Å²) >= 11 is 0. The van der Waals surface area contributed by atoms with Gasteiger partial charge in [0.05, 0.1) is 28.0 Å². The number of hydrogen-bond acceptors (Lipinski definition) is 5. The molecule has 0 aliphatic rings. The highest BCUT2D eigenvalue weighted by Gasteiger charge is 2.18. The second-order valence-electron chi connectivity index (χ2n) is 4.02. The Balaban J connectivity index is 2.32. The number of pyridine rings is 2. The molecule has 0 aromatic carbocycles. The zero-order valence-electron chi connectivity index (χ0n) is 9.99. The highest BCUT2D eigenvalue weighted by molar-refractivity contribution is 6.03. The average molecular weight is 255 g/mol. The lowest BCUT2D eigenvalue weighted by molar-refractivity contribution is 0.0699. The van der Waals surface area contributed by atoms with Crippen molar-refractivity contribution in [2.24, 2.45) is 0 Å². The first kappa shape index (κ1) is 11.3. The lowest BCUT2D eigenvalue weighted by atomic mass is 10.1. The first-order valence-electron chi connectivity index (χ1n) is 5.58. The summed E-state index contributed by atoms with van der Waals surface area (Å²) in [5, 5.41) is 13.5. The van der Waals surface area contributed by atoms with Crippen LogP contribution in [0.25, 0.3) is 22.5 Å². The monoisotopic (exact) mass is 255 g/mol. The van der Waals surface area contributed by atoms with Crippen LogP contribution in [0.5, 0.6) is 0 Å². The minimum atomic E-state index is -1.05. The van der Waals surface area contributed by atoms with E-state index in [2.05, 4.69) is 15.1 Å². The zero-order chi connectivity index (χ0) is 13.4. The standard InChI is InChI=1S/C13H9N3O3/c1-7-11-8(13(17)18)6-10(15-12(11)19-16-7)9-4-2-3-5-14-9/h2-6H,1H3,(H,17,18). The Morgan fingerprint density at radius 2 is 2.16 bits per heavy atom. The van der Waals surface area contributed by atoms with Crippen LogP contribution in [0.15, 0.2) is 35.0 Å². The van der Waals surface area contributed by atoms with E-state index in [0.29, 0.717) is 22.5 Å². The van der Waals surface area contributed by atoms with Crippen molar-refractivity contribution < 1.29 is 14.4 Å². The topological polar surface area (TPSA) is 89.1 Å². The van der Waals surface area contributed by atoms with Crippen molar-refractivity contribution in [3.8, 4) is 11.4 Å². The van der Waals surface area contributed by atoms with Gasteiger partial charge in [0.1, 0.15) is 0 Å². The number of carboxylic acids is 1. The molecule has 3 aromatic rings. The average Bonchev–Trinajstić information content (AvgIpc) is 2.80. The lowest BCUT2D eigenvalue weighted by Crippen LogP contribution is -2.00. The van der Waals surface area contributed by atoms with Crippen molar-refractivity contribution in [2.45, 2.75) is 6.92 Å². The Morgan fingerprint density at radius 1 is 1.32 bits per heavy atom. The molecule has 0 atom stereocenters. The van der Waals surface area contributed by atoms with Crippen molar-refractivity contribution in [3.05, 3.63) is 41.7 Å². The normalized spacial score (nSPS) is 10.8. The molecule has 0 bridgehead atoms. The molecule has 1 N–H and O–H groups in total. The molecule has 0 saturated carbocycles. The molecule has 0 aliphatic heterocycles. The lowest BCUT2D eigenvalue weighted by Gasteiger charge is -2.02. The summed E-state index contributed by atoms with van der Waals surface area (Å²) in [6.45, 7) is 1.68. The van der Waals surface area contributed by atoms with E-state index in [4.69, 9.17) is 4.52 Å². The summed E-state index contributed by atoms with van der Waals surface area (Å²) in [6.07, 6.45) is 1.62. The summed E-state index contributed by atoms with van der Waals surface area (Å²) in [5.41, 5.74) is 1.86. The van der Waals surface area contributed by atoms with Crippen LogP contribution in [0.3, 0.4) is 0 Å². The van der Waals surface area contributed by atoms with Crippen LogP contribution in [-0.4, -0.2) is 26.2 Å². The number of rotatable bonds is 2. The van der Waals surface area contributed by atoms with Crippen LogP contribution in [0.4, 0.5) is 0 Å². The second-order valence-corrected chi connectivity index (χ2v) is 4.02. The molecular formula is C13H9N3O3. The van der Waals surface area contributed by atoms with Crippen LogP contribution in [0.2, 0.25) is 0 Å². The predicted octanol–water partition coefficient (Wildman–Crippen LogP) is 2.29. The molecule has 0 saturated heterocycles. The van der Waals surface area contributed by atoms with Gasteiger partial charge in [-0.2, -0.15) is 0 Å². The van der Waals surface area contributed by atoms with E-state index in [1.54, 1.807) is 31.3 Å². The Morgan fingerprint density at radius 3 is 2.84 bits per heavy atom. The summed E-state index contributed by atoms with van der Waals surface area (Å²) < 4.78 is 5.05. The van der Waals surface area contributed by atoms with E-state index < -0.39 is 5.97 Å². The number of hydrogen-bond donors (Lipinski definition) is 1. The molecule has 3 aromatic heterocycles. The fraction of sp³-hybridized carbons (Fsp3) is 0.0769. The summed E-state index contributed by atoms with van der Waals surface area (Å²) in [5.74, 6) is -1.05. The number of carbonyl (C=O) groups is 1. The van der Waals surface area contributed by atoms with Crippen molar-refractivity contribution in [3.63, 3.8) is 0 Å². The summed E-state index contributed by atoms with van der Waals surface area (Å²) in [7, 11) is 0. The first-order valence-corrected chi connectivity index (χ1v) is 5.58. The minimum Gasteiger partial charge on any atom is -0.478 e. The van der Waals surface area contributed by atoms with Gasteiger partial charge < -0.3 is 9.63 Å². The summed E-state index contributed by atoms with van der Waals surface area (Å²) in [4.78, 5) is 19.7. The van der Waals surface area contributed by atoms with Gasteiger partial charge in [0, 0.05) is 6.20 Å². The van der Waals surface area contributed by atoms with Gasteiger partial charge in [-0.05, 0) is 25.1 Å². The van der Waals surface area contributed by atoms with Crippen LogP contribution in [-0.2, 0) is 0 Å². The van der Waals surface area contributed by atoms with Crippen molar-refractivity contribution in [1.29, 1.82) is 0 Å². The Kier molecular flexibility index (Phi) is 2.49.